The van der Waals surface area contributed by atoms with Gasteiger partial charge in [-0.15, -0.1) is 0 Å². The van der Waals surface area contributed by atoms with Gasteiger partial charge in [0.2, 0.25) is 11.8 Å². The number of alkyl halides is 1. The summed E-state index contributed by atoms with van der Waals surface area (Å²) in [6.07, 6.45) is 7.44. The predicted molar refractivity (Wildman–Crippen MR) is 193 cm³/mol. The number of hydrogen-bond donors (Lipinski definition) is 2. The van der Waals surface area contributed by atoms with E-state index in [-0.39, 0.29) is 47.8 Å². The highest BCUT2D eigenvalue weighted by molar-refractivity contribution is 6.03. The van der Waals surface area contributed by atoms with Crippen molar-refractivity contribution in [2.75, 3.05) is 25.0 Å². The lowest BCUT2D eigenvalue weighted by Crippen LogP contribution is -2.44. The number of carbonyl (C=O) groups excluding carboxylic acids is 3. The standard InChI is InChI=1S/C38H39FN10O4/c1-46-35-27(5-3-7-31(35)49(38(46)53)32-12-13-34(50)44-37(32)52)26-14-15-47(21-28(26)39)19-22-8-10-25(11-9-22)48-20-23-16-33(41-18-30(23)45-48)43-36(51)29-6-2-4-24(17-40)42-29/h2-7,16,18,20,22,25-26,28,32H,8-15,19,21H2,1H3,(H,43,51)(H,44,50,52)/t22?,25?,26-,28+,32?/m0/s1. The molecule has 53 heavy (non-hydrogen) atoms. The fourth-order valence-electron chi connectivity index (χ4n) is 8.44. The zero-order valence-electron chi connectivity index (χ0n) is 29.2. The van der Waals surface area contributed by atoms with Gasteiger partial charge in [0.05, 0.1) is 23.3 Å². The molecule has 3 amide bonds. The van der Waals surface area contributed by atoms with E-state index in [9.17, 15) is 19.2 Å². The number of nitrogens with one attached hydrogen (secondary N) is 2. The monoisotopic (exact) mass is 718 g/mol. The normalized spacial score (nSPS) is 23.9. The fraction of sp³-hybridized carbons (Fsp3) is 0.421. The number of piperidine rings is 2. The highest BCUT2D eigenvalue weighted by atomic mass is 19.1. The fourth-order valence-corrected chi connectivity index (χ4v) is 8.44. The van der Waals surface area contributed by atoms with Gasteiger partial charge in [-0.05, 0) is 80.8 Å². The number of aryl methyl sites for hydroxylation is 1. The van der Waals surface area contributed by atoms with Crippen molar-refractivity contribution in [3.63, 3.8) is 0 Å². The second-order valence-electron chi connectivity index (χ2n) is 14.5. The Bertz CT molecular complexity index is 2350. The molecule has 2 N–H and O–H groups in total. The molecule has 1 unspecified atom stereocenters. The number of pyridine rings is 2. The Morgan fingerprint density at radius 2 is 1.89 bits per heavy atom. The number of para-hydroxylation sites is 1. The molecule has 2 saturated heterocycles. The summed E-state index contributed by atoms with van der Waals surface area (Å²) in [5.74, 6) is -0.839. The second-order valence-corrected chi connectivity index (χ2v) is 14.5. The van der Waals surface area contributed by atoms with Crippen molar-refractivity contribution in [3.05, 3.63) is 82.3 Å². The minimum absolute atomic E-state index is 0.134. The zero-order valence-corrected chi connectivity index (χ0v) is 29.2. The van der Waals surface area contributed by atoms with Crippen molar-refractivity contribution in [2.45, 2.75) is 69.1 Å². The number of imide groups is 1. The van der Waals surface area contributed by atoms with Gasteiger partial charge in [0, 0.05) is 44.1 Å². The van der Waals surface area contributed by atoms with Gasteiger partial charge in [-0.1, -0.05) is 18.2 Å². The average molecular weight is 719 g/mol. The molecule has 2 aliphatic heterocycles. The van der Waals surface area contributed by atoms with Crippen LogP contribution in [0.15, 0.2) is 59.7 Å². The molecule has 6 heterocycles. The Hall–Kier alpha value is -5.75. The van der Waals surface area contributed by atoms with Crippen molar-refractivity contribution >= 4 is 45.5 Å². The van der Waals surface area contributed by atoms with Gasteiger partial charge in [-0.25, -0.2) is 19.2 Å². The maximum atomic E-state index is 16.1. The van der Waals surface area contributed by atoms with E-state index < -0.39 is 24.0 Å². The van der Waals surface area contributed by atoms with Crippen LogP contribution in [-0.2, 0) is 16.6 Å². The molecule has 4 aromatic heterocycles. The van der Waals surface area contributed by atoms with E-state index in [0.29, 0.717) is 35.7 Å². The van der Waals surface area contributed by atoms with Crippen LogP contribution in [0.3, 0.4) is 0 Å². The van der Waals surface area contributed by atoms with Gasteiger partial charge in [0.15, 0.2) is 0 Å². The lowest BCUT2D eigenvalue weighted by Gasteiger charge is -2.38. The number of rotatable bonds is 7. The molecule has 3 aliphatic rings. The topological polar surface area (TPSA) is 173 Å². The third kappa shape index (κ3) is 6.59. The number of anilines is 1. The van der Waals surface area contributed by atoms with Gasteiger partial charge in [-0.2, -0.15) is 10.4 Å². The summed E-state index contributed by atoms with van der Waals surface area (Å²) in [5.41, 5.74) is 2.68. The van der Waals surface area contributed by atoms with Gasteiger partial charge < -0.3 is 10.2 Å². The molecule has 0 spiro atoms. The lowest BCUT2D eigenvalue weighted by molar-refractivity contribution is -0.135. The van der Waals surface area contributed by atoms with Crippen LogP contribution in [-0.4, -0.2) is 77.3 Å². The number of imidazole rings is 1. The maximum Gasteiger partial charge on any atom is 0.329 e. The van der Waals surface area contributed by atoms with Crippen molar-refractivity contribution < 1.29 is 18.8 Å². The Labute approximate surface area is 303 Å². The van der Waals surface area contributed by atoms with Crippen LogP contribution >= 0.6 is 0 Å². The van der Waals surface area contributed by atoms with E-state index in [1.54, 1.807) is 37.5 Å². The molecule has 1 saturated carbocycles. The predicted octanol–water partition coefficient (Wildman–Crippen LogP) is 4.14. The number of carbonyl (C=O) groups is 3. The average Bonchev–Trinajstić information content (AvgIpc) is 3.70. The molecular formula is C38H39FN10O4. The van der Waals surface area contributed by atoms with Crippen molar-refractivity contribution in [3.8, 4) is 6.07 Å². The number of amides is 3. The van der Waals surface area contributed by atoms with E-state index in [0.717, 1.165) is 55.2 Å². The first-order valence-corrected chi connectivity index (χ1v) is 18.1. The first-order valence-electron chi connectivity index (χ1n) is 18.1. The maximum absolute atomic E-state index is 16.1. The number of fused-ring (bicyclic) bond motifs is 2. The zero-order chi connectivity index (χ0) is 36.8. The molecule has 15 heteroatoms. The Morgan fingerprint density at radius 1 is 1.08 bits per heavy atom. The number of nitriles is 1. The molecule has 3 fully saturated rings. The number of halogens is 1. The van der Waals surface area contributed by atoms with E-state index in [2.05, 4.69) is 25.5 Å². The molecule has 272 valence electrons. The molecule has 1 aliphatic carbocycles. The molecule has 8 rings (SSSR count). The highest BCUT2D eigenvalue weighted by Gasteiger charge is 2.36. The molecule has 3 atom stereocenters. The Balaban J connectivity index is 0.878. The van der Waals surface area contributed by atoms with Crippen LogP contribution in [0.2, 0.25) is 0 Å². The van der Waals surface area contributed by atoms with Crippen LogP contribution in [0.4, 0.5) is 10.2 Å². The summed E-state index contributed by atoms with van der Waals surface area (Å²) in [7, 11) is 1.66. The molecule has 0 bridgehead atoms. The van der Waals surface area contributed by atoms with Gasteiger partial charge in [-0.3, -0.25) is 33.5 Å². The van der Waals surface area contributed by atoms with Crippen LogP contribution in [0, 0.1) is 17.2 Å². The van der Waals surface area contributed by atoms with Gasteiger partial charge in [0.1, 0.15) is 41.0 Å². The van der Waals surface area contributed by atoms with E-state index >= 15 is 4.39 Å². The van der Waals surface area contributed by atoms with Crippen LogP contribution in [0.1, 0.15) is 84.7 Å². The largest absolute Gasteiger partial charge is 0.329 e. The van der Waals surface area contributed by atoms with E-state index in [1.807, 2.05) is 29.1 Å². The quantitative estimate of drug-likeness (QED) is 0.235. The smallest absolute Gasteiger partial charge is 0.305 e. The third-order valence-corrected chi connectivity index (χ3v) is 11.1. The Kier molecular flexibility index (Phi) is 9.07. The van der Waals surface area contributed by atoms with Crippen molar-refractivity contribution in [2.24, 2.45) is 13.0 Å². The summed E-state index contributed by atoms with van der Waals surface area (Å²) < 4.78 is 21.0. The number of nitrogens with zero attached hydrogens (tertiary/aromatic N) is 8. The number of benzene rings is 1. The summed E-state index contributed by atoms with van der Waals surface area (Å²) in [4.78, 5) is 61.1. The summed E-state index contributed by atoms with van der Waals surface area (Å²) in [5, 5.41) is 19.8. The van der Waals surface area contributed by atoms with Crippen LogP contribution < -0.4 is 16.3 Å². The van der Waals surface area contributed by atoms with Gasteiger partial charge >= 0.3 is 5.69 Å². The van der Waals surface area contributed by atoms with E-state index in [4.69, 9.17) is 10.4 Å². The number of likely N-dealkylation sites (tertiary alicyclic amines) is 1. The molecule has 5 aromatic rings. The molecular weight excluding hydrogens is 679 g/mol. The van der Waals surface area contributed by atoms with Crippen LogP contribution in [0.5, 0.6) is 0 Å². The molecule has 0 radical (unpaired) electrons. The summed E-state index contributed by atoms with van der Waals surface area (Å²) >= 11 is 0. The molecule has 1 aromatic carbocycles. The van der Waals surface area contributed by atoms with Crippen LogP contribution in [0.25, 0.3) is 21.9 Å². The second kappa shape index (κ2) is 14.0. The van der Waals surface area contributed by atoms with Gasteiger partial charge in [0.25, 0.3) is 5.91 Å². The lowest BCUT2D eigenvalue weighted by atomic mass is 9.83. The minimum atomic E-state index is -1.11. The Morgan fingerprint density at radius 3 is 2.66 bits per heavy atom. The minimum Gasteiger partial charge on any atom is -0.305 e. The molecule has 14 nitrogen and oxygen atoms in total. The first-order chi connectivity index (χ1) is 25.7. The number of hydrogen-bond acceptors (Lipinski definition) is 9. The van der Waals surface area contributed by atoms with E-state index in [1.165, 1.54) is 15.2 Å². The van der Waals surface area contributed by atoms with Crippen molar-refractivity contribution in [1.82, 2.24) is 39.1 Å². The summed E-state index contributed by atoms with van der Waals surface area (Å²) in [6.45, 7) is 1.90. The third-order valence-electron chi connectivity index (χ3n) is 11.1. The van der Waals surface area contributed by atoms with Crippen molar-refractivity contribution in [1.29, 1.82) is 5.26 Å². The first kappa shape index (κ1) is 34.3. The number of aromatic nitrogens is 6. The SMILES string of the molecule is Cn1c(=O)n(C2CCC(=O)NC2=O)c2cccc([C@@H]3CCN(CC4CCC(n5cc6cc(NC(=O)c7cccc(C#N)n7)ncc6n5)CC4)C[C@H]3F)c21. The highest BCUT2D eigenvalue weighted by Crippen LogP contribution is 2.38. The summed E-state index contributed by atoms with van der Waals surface area (Å²) in [6, 6.07) is 13.4.